The van der Waals surface area contributed by atoms with Crippen molar-refractivity contribution in [3.05, 3.63) is 53.2 Å². The maximum absolute atomic E-state index is 11.6. The number of carbonyl (C=O) groups excluding carboxylic acids is 1. The Kier molecular flexibility index (Phi) is 2.85. The van der Waals surface area contributed by atoms with Crippen molar-refractivity contribution in [3.63, 3.8) is 0 Å². The molecule has 1 aliphatic rings. The number of nitrogens with zero attached hydrogens (tertiary/aromatic N) is 3. The molecule has 1 aliphatic heterocycles. The quantitative estimate of drug-likeness (QED) is 0.753. The number of carbonyl (C=O) groups is 1. The lowest BCUT2D eigenvalue weighted by Gasteiger charge is -2.19. The van der Waals surface area contributed by atoms with E-state index in [0.717, 1.165) is 10.3 Å². The highest BCUT2D eigenvalue weighted by Crippen LogP contribution is 2.40. The topological polar surface area (TPSA) is 92.3 Å². The van der Waals surface area contributed by atoms with Crippen LogP contribution in [0.1, 0.15) is 27.7 Å². The molecule has 0 bridgehead atoms. The third-order valence-electron chi connectivity index (χ3n) is 3.78. The minimum atomic E-state index is -0.838. The van der Waals surface area contributed by atoms with Crippen molar-refractivity contribution in [3.8, 4) is 0 Å². The number of benzene rings is 1. The molecule has 1 atom stereocenters. The van der Waals surface area contributed by atoms with Crippen LogP contribution in [-0.4, -0.2) is 21.0 Å². The van der Waals surface area contributed by atoms with E-state index in [4.69, 9.17) is 5.73 Å². The zero-order valence-electron chi connectivity index (χ0n) is 11.4. The number of hydrogen-bond donors (Lipinski definition) is 2. The molecule has 22 heavy (non-hydrogen) atoms. The summed E-state index contributed by atoms with van der Waals surface area (Å²) < 4.78 is 0.954. The van der Waals surface area contributed by atoms with Crippen molar-refractivity contribution in [1.82, 2.24) is 9.97 Å². The first-order valence-corrected chi connectivity index (χ1v) is 7.54. The summed E-state index contributed by atoms with van der Waals surface area (Å²) >= 11 is 1.46. The molecule has 0 radical (unpaired) electrons. The van der Waals surface area contributed by atoms with E-state index in [0.29, 0.717) is 28.5 Å². The van der Waals surface area contributed by atoms with Gasteiger partial charge in [-0.05, 0) is 23.8 Å². The minimum Gasteiger partial charge on any atom is -0.369 e. The summed E-state index contributed by atoms with van der Waals surface area (Å²) in [5.74, 6) is -0.489. The monoisotopic (exact) mass is 312 g/mol. The number of pyridine rings is 1. The fraction of sp³-hybridized carbons (Fsp3) is 0.133. The van der Waals surface area contributed by atoms with E-state index in [1.807, 2.05) is 12.1 Å². The Morgan fingerprint density at radius 3 is 3.00 bits per heavy atom. The maximum atomic E-state index is 11.6. The largest absolute Gasteiger partial charge is 0.369 e. The molecule has 0 aliphatic carbocycles. The van der Waals surface area contributed by atoms with Gasteiger partial charge in [-0.3, -0.25) is 4.79 Å². The molecule has 0 saturated carbocycles. The van der Waals surface area contributed by atoms with Crippen LogP contribution in [-0.2, 0) is 6.54 Å². The molecule has 0 spiro atoms. The van der Waals surface area contributed by atoms with Gasteiger partial charge in [0, 0.05) is 23.9 Å². The van der Waals surface area contributed by atoms with Crippen molar-refractivity contribution >= 4 is 32.7 Å². The molecule has 1 aromatic carbocycles. The number of anilines is 1. The van der Waals surface area contributed by atoms with Gasteiger partial charge in [-0.15, -0.1) is 0 Å². The molecule has 1 amide bonds. The summed E-state index contributed by atoms with van der Waals surface area (Å²) in [5, 5.41) is 11.2. The molecule has 4 rings (SSSR count). The SMILES string of the molecule is NC(=O)c1cccc2c1CN(c1nc3ncccc3s1)C2O. The molecule has 1 unspecified atom stereocenters. The van der Waals surface area contributed by atoms with Crippen LogP contribution in [0.2, 0.25) is 0 Å². The highest BCUT2D eigenvalue weighted by molar-refractivity contribution is 7.22. The van der Waals surface area contributed by atoms with Gasteiger partial charge in [0.05, 0.1) is 4.70 Å². The summed E-state index contributed by atoms with van der Waals surface area (Å²) in [6.45, 7) is 0.398. The van der Waals surface area contributed by atoms with Gasteiger partial charge >= 0.3 is 0 Å². The van der Waals surface area contributed by atoms with Crippen molar-refractivity contribution in [2.75, 3.05) is 4.90 Å². The minimum absolute atomic E-state index is 0.398. The molecule has 3 heterocycles. The molecule has 3 N–H and O–H groups in total. The number of aromatic nitrogens is 2. The number of fused-ring (bicyclic) bond motifs is 2. The number of amides is 1. The summed E-state index contributed by atoms with van der Waals surface area (Å²) in [6, 6.07) is 9.00. The number of aliphatic hydroxyl groups is 1. The van der Waals surface area contributed by atoms with Gasteiger partial charge in [-0.1, -0.05) is 23.5 Å². The molecule has 110 valence electrons. The second-order valence-electron chi connectivity index (χ2n) is 5.06. The molecule has 7 heteroatoms. The highest BCUT2D eigenvalue weighted by atomic mass is 32.1. The van der Waals surface area contributed by atoms with E-state index in [2.05, 4.69) is 9.97 Å². The van der Waals surface area contributed by atoms with Gasteiger partial charge in [0.1, 0.15) is 0 Å². The van der Waals surface area contributed by atoms with E-state index >= 15 is 0 Å². The molecule has 3 aromatic rings. The van der Waals surface area contributed by atoms with Gasteiger partial charge < -0.3 is 15.7 Å². The number of hydrogen-bond acceptors (Lipinski definition) is 6. The summed E-state index contributed by atoms with van der Waals surface area (Å²) in [6.07, 6.45) is 0.849. The number of rotatable bonds is 2. The third kappa shape index (κ3) is 1.87. The molecule has 2 aromatic heterocycles. The zero-order chi connectivity index (χ0) is 15.3. The van der Waals surface area contributed by atoms with Crippen molar-refractivity contribution in [2.24, 2.45) is 5.73 Å². The van der Waals surface area contributed by atoms with Crippen LogP contribution in [0.5, 0.6) is 0 Å². The second kappa shape index (κ2) is 4.75. The molecular weight excluding hydrogens is 300 g/mol. The van der Waals surface area contributed by atoms with Crippen LogP contribution in [0.4, 0.5) is 5.13 Å². The molecular formula is C15H12N4O2S. The Labute approximate surface area is 129 Å². The van der Waals surface area contributed by atoms with Crippen molar-refractivity contribution < 1.29 is 9.90 Å². The first-order valence-electron chi connectivity index (χ1n) is 6.73. The van der Waals surface area contributed by atoms with Gasteiger partial charge in [-0.25, -0.2) is 4.98 Å². The van der Waals surface area contributed by atoms with E-state index in [1.54, 1.807) is 29.3 Å². The highest BCUT2D eigenvalue weighted by Gasteiger charge is 2.33. The maximum Gasteiger partial charge on any atom is 0.249 e. The van der Waals surface area contributed by atoms with Gasteiger partial charge in [-0.2, -0.15) is 4.98 Å². The average molecular weight is 312 g/mol. The van der Waals surface area contributed by atoms with Crippen molar-refractivity contribution in [2.45, 2.75) is 12.8 Å². The summed E-state index contributed by atoms with van der Waals surface area (Å²) in [4.78, 5) is 22.0. The zero-order valence-corrected chi connectivity index (χ0v) is 12.2. The van der Waals surface area contributed by atoms with Crippen LogP contribution in [0, 0.1) is 0 Å². The lowest BCUT2D eigenvalue weighted by molar-refractivity contribution is 0.0999. The van der Waals surface area contributed by atoms with Crippen LogP contribution in [0.3, 0.4) is 0 Å². The number of primary amides is 1. The summed E-state index contributed by atoms with van der Waals surface area (Å²) in [7, 11) is 0. The van der Waals surface area contributed by atoms with Crippen LogP contribution >= 0.6 is 11.3 Å². The Morgan fingerprint density at radius 1 is 1.36 bits per heavy atom. The Balaban J connectivity index is 1.79. The smallest absolute Gasteiger partial charge is 0.249 e. The van der Waals surface area contributed by atoms with Crippen LogP contribution in [0.25, 0.3) is 10.3 Å². The van der Waals surface area contributed by atoms with Gasteiger partial charge in [0.25, 0.3) is 0 Å². The first-order chi connectivity index (χ1) is 10.6. The number of thiazole rings is 1. The molecule has 0 fully saturated rings. The molecule has 6 nitrogen and oxygen atoms in total. The van der Waals surface area contributed by atoms with E-state index in [9.17, 15) is 9.90 Å². The summed E-state index contributed by atoms with van der Waals surface area (Å²) in [5.41, 5.74) is 7.97. The van der Waals surface area contributed by atoms with E-state index in [-0.39, 0.29) is 0 Å². The van der Waals surface area contributed by atoms with E-state index < -0.39 is 12.1 Å². The number of nitrogens with two attached hydrogens (primary N) is 1. The fourth-order valence-electron chi connectivity index (χ4n) is 2.73. The lowest BCUT2D eigenvalue weighted by atomic mass is 10.0. The van der Waals surface area contributed by atoms with Crippen LogP contribution in [0.15, 0.2) is 36.5 Å². The fourth-order valence-corrected chi connectivity index (χ4v) is 3.68. The normalized spacial score (nSPS) is 17.0. The lowest BCUT2D eigenvalue weighted by Crippen LogP contribution is -2.20. The third-order valence-corrected chi connectivity index (χ3v) is 4.83. The standard InChI is InChI=1S/C15H12N4O2S/c16-12(20)8-3-1-4-9-10(8)7-19(14(9)21)15-18-13-11(22-15)5-2-6-17-13/h1-6,14,21H,7H2,(H2,16,20). The molecule has 0 saturated heterocycles. The van der Waals surface area contributed by atoms with Crippen LogP contribution < -0.4 is 10.6 Å². The average Bonchev–Trinajstić information content (AvgIpc) is 3.08. The Morgan fingerprint density at radius 2 is 2.23 bits per heavy atom. The second-order valence-corrected chi connectivity index (χ2v) is 6.07. The Bertz CT molecular complexity index is 859. The number of aliphatic hydroxyl groups excluding tert-OH is 1. The van der Waals surface area contributed by atoms with Gasteiger partial charge in [0.2, 0.25) is 5.91 Å². The van der Waals surface area contributed by atoms with Crippen molar-refractivity contribution in [1.29, 1.82) is 0 Å². The van der Waals surface area contributed by atoms with Gasteiger partial charge in [0.15, 0.2) is 17.0 Å². The first kappa shape index (κ1) is 13.2. The predicted octanol–water partition coefficient (Wildman–Crippen LogP) is 1.80. The van der Waals surface area contributed by atoms with E-state index in [1.165, 1.54) is 11.3 Å². The Hall–Kier alpha value is -2.51. The predicted molar refractivity (Wildman–Crippen MR) is 83.5 cm³/mol.